The molecule has 0 heterocycles. The number of rotatable bonds is 3. The molecule has 0 aromatic carbocycles. The maximum Gasteiger partial charge on any atom is 0.223 e. The Balaban J connectivity index is 1.74. The topological polar surface area (TPSA) is 29.1 Å². The lowest BCUT2D eigenvalue weighted by Crippen LogP contribution is -2.39. The van der Waals surface area contributed by atoms with E-state index in [4.69, 9.17) is 11.6 Å². The van der Waals surface area contributed by atoms with Crippen LogP contribution in [0.25, 0.3) is 0 Å². The maximum atomic E-state index is 11.8. The van der Waals surface area contributed by atoms with E-state index >= 15 is 0 Å². The zero-order chi connectivity index (χ0) is 10.8. The van der Waals surface area contributed by atoms with Gasteiger partial charge in [0.2, 0.25) is 5.91 Å². The van der Waals surface area contributed by atoms with Crippen molar-refractivity contribution in [1.29, 1.82) is 0 Å². The largest absolute Gasteiger partial charge is 0.353 e. The fourth-order valence-corrected chi connectivity index (χ4v) is 2.96. The number of carbonyl (C=O) groups is 1. The van der Waals surface area contributed by atoms with Crippen LogP contribution in [-0.4, -0.2) is 17.3 Å². The molecule has 1 amide bonds. The van der Waals surface area contributed by atoms with Gasteiger partial charge in [-0.3, -0.25) is 4.79 Å². The van der Waals surface area contributed by atoms with Gasteiger partial charge in [0, 0.05) is 17.3 Å². The molecule has 15 heavy (non-hydrogen) atoms. The summed E-state index contributed by atoms with van der Waals surface area (Å²) in [5.74, 6) is 1.24. The molecule has 86 valence electrons. The summed E-state index contributed by atoms with van der Waals surface area (Å²) in [7, 11) is 0. The Kier molecular flexibility index (Phi) is 3.55. The van der Waals surface area contributed by atoms with Gasteiger partial charge in [0.25, 0.3) is 0 Å². The van der Waals surface area contributed by atoms with E-state index in [0.717, 1.165) is 38.5 Å². The maximum absolute atomic E-state index is 11.8. The Morgan fingerprint density at radius 3 is 2.80 bits per heavy atom. The normalized spacial score (nSPS) is 39.9. The Hall–Kier alpha value is -0.240. The minimum absolute atomic E-state index is 0.269. The number of nitrogens with one attached hydrogen (secondary N) is 1. The van der Waals surface area contributed by atoms with Gasteiger partial charge in [0.15, 0.2) is 0 Å². The van der Waals surface area contributed by atoms with E-state index in [2.05, 4.69) is 12.2 Å². The lowest BCUT2D eigenvalue weighted by molar-refractivity contribution is -0.123. The average Bonchev–Trinajstić information content (AvgIpc) is 2.96. The van der Waals surface area contributed by atoms with Crippen LogP contribution in [0, 0.1) is 11.8 Å². The van der Waals surface area contributed by atoms with E-state index < -0.39 is 0 Å². The SMILES string of the molecule is CC[C@@H]1C[C@H]1C(=O)NC1CCCC(Cl)C1. The molecule has 2 nitrogen and oxygen atoms in total. The summed E-state index contributed by atoms with van der Waals surface area (Å²) in [4.78, 5) is 11.8. The first kappa shape index (κ1) is 11.3. The van der Waals surface area contributed by atoms with Crippen molar-refractivity contribution in [3.05, 3.63) is 0 Å². The molecule has 3 heteroatoms. The lowest BCUT2D eigenvalue weighted by atomic mass is 9.95. The van der Waals surface area contributed by atoms with Crippen molar-refractivity contribution in [2.75, 3.05) is 0 Å². The summed E-state index contributed by atoms with van der Waals surface area (Å²) in [6.07, 6.45) is 6.56. The van der Waals surface area contributed by atoms with Gasteiger partial charge in [-0.1, -0.05) is 13.3 Å². The Labute approximate surface area is 96.8 Å². The Morgan fingerprint density at radius 2 is 2.20 bits per heavy atom. The van der Waals surface area contributed by atoms with Gasteiger partial charge < -0.3 is 5.32 Å². The fraction of sp³-hybridized carbons (Fsp3) is 0.917. The molecule has 0 radical (unpaired) electrons. The van der Waals surface area contributed by atoms with Gasteiger partial charge in [0.1, 0.15) is 0 Å². The molecule has 0 aliphatic heterocycles. The zero-order valence-electron chi connectivity index (χ0n) is 9.34. The van der Waals surface area contributed by atoms with Crippen LogP contribution in [0.4, 0.5) is 0 Å². The van der Waals surface area contributed by atoms with Crippen LogP contribution in [-0.2, 0) is 4.79 Å². The van der Waals surface area contributed by atoms with E-state index in [9.17, 15) is 4.79 Å². The zero-order valence-corrected chi connectivity index (χ0v) is 10.1. The number of hydrogen-bond acceptors (Lipinski definition) is 1. The van der Waals surface area contributed by atoms with E-state index in [0.29, 0.717) is 17.9 Å². The minimum Gasteiger partial charge on any atom is -0.353 e. The molecule has 2 fully saturated rings. The third-order valence-electron chi connectivity index (χ3n) is 3.74. The van der Waals surface area contributed by atoms with Crippen LogP contribution in [0.3, 0.4) is 0 Å². The molecule has 2 aliphatic carbocycles. The first-order valence-corrected chi connectivity index (χ1v) is 6.58. The van der Waals surface area contributed by atoms with Crippen molar-refractivity contribution in [2.24, 2.45) is 11.8 Å². The standard InChI is InChI=1S/C12H20ClNO/c1-2-8-6-11(8)12(15)14-10-5-3-4-9(13)7-10/h8-11H,2-7H2,1H3,(H,14,15)/t8-,9?,10?,11-/m1/s1. The summed E-state index contributed by atoms with van der Waals surface area (Å²) in [5, 5.41) is 3.42. The number of amides is 1. The molecule has 4 atom stereocenters. The number of carbonyl (C=O) groups excluding carboxylic acids is 1. The van der Waals surface area contributed by atoms with Gasteiger partial charge in [-0.15, -0.1) is 11.6 Å². The quantitative estimate of drug-likeness (QED) is 0.741. The highest BCUT2D eigenvalue weighted by molar-refractivity contribution is 6.20. The fourth-order valence-electron chi connectivity index (χ4n) is 2.59. The molecule has 2 unspecified atom stereocenters. The molecular weight excluding hydrogens is 210 g/mol. The summed E-state index contributed by atoms with van der Waals surface area (Å²) in [5.41, 5.74) is 0. The minimum atomic E-state index is 0.269. The monoisotopic (exact) mass is 229 g/mol. The molecule has 0 bridgehead atoms. The van der Waals surface area contributed by atoms with E-state index in [1.54, 1.807) is 0 Å². The molecule has 1 N–H and O–H groups in total. The van der Waals surface area contributed by atoms with Gasteiger partial charge in [-0.2, -0.15) is 0 Å². The second-order valence-corrected chi connectivity index (χ2v) is 5.60. The molecule has 2 rings (SSSR count). The Bertz CT molecular complexity index is 244. The Morgan fingerprint density at radius 1 is 1.40 bits per heavy atom. The van der Waals surface area contributed by atoms with Crippen molar-refractivity contribution in [2.45, 2.75) is 56.9 Å². The molecule has 0 aromatic heterocycles. The highest BCUT2D eigenvalue weighted by Gasteiger charge is 2.41. The summed E-state index contributed by atoms with van der Waals surface area (Å²) >= 11 is 6.09. The van der Waals surface area contributed by atoms with E-state index in [1.165, 1.54) is 0 Å². The lowest BCUT2D eigenvalue weighted by Gasteiger charge is -2.26. The number of alkyl halides is 1. The van der Waals surface area contributed by atoms with Crippen LogP contribution in [0.1, 0.15) is 45.4 Å². The van der Waals surface area contributed by atoms with E-state index in [1.807, 2.05) is 0 Å². The molecule has 2 aliphatic rings. The first-order chi connectivity index (χ1) is 7.20. The average molecular weight is 230 g/mol. The number of hydrogen-bond donors (Lipinski definition) is 1. The third kappa shape index (κ3) is 2.87. The van der Waals surface area contributed by atoms with Crippen molar-refractivity contribution in [1.82, 2.24) is 5.32 Å². The van der Waals surface area contributed by atoms with Gasteiger partial charge in [0.05, 0.1) is 0 Å². The van der Waals surface area contributed by atoms with Crippen LogP contribution in [0.5, 0.6) is 0 Å². The second-order valence-electron chi connectivity index (χ2n) is 4.98. The van der Waals surface area contributed by atoms with Crippen LogP contribution in [0.2, 0.25) is 0 Å². The van der Waals surface area contributed by atoms with Crippen LogP contribution >= 0.6 is 11.6 Å². The third-order valence-corrected chi connectivity index (χ3v) is 4.14. The predicted molar refractivity (Wildman–Crippen MR) is 61.9 cm³/mol. The highest BCUT2D eigenvalue weighted by Crippen LogP contribution is 2.41. The van der Waals surface area contributed by atoms with Gasteiger partial charge >= 0.3 is 0 Å². The summed E-state index contributed by atoms with van der Waals surface area (Å²) in [6.45, 7) is 2.16. The van der Waals surface area contributed by atoms with Crippen molar-refractivity contribution in [3.63, 3.8) is 0 Å². The molecular formula is C12H20ClNO. The van der Waals surface area contributed by atoms with Crippen molar-refractivity contribution >= 4 is 17.5 Å². The summed E-state index contributed by atoms with van der Waals surface area (Å²) < 4.78 is 0. The predicted octanol–water partition coefficient (Wildman–Crippen LogP) is 2.70. The van der Waals surface area contributed by atoms with Crippen molar-refractivity contribution < 1.29 is 4.79 Å². The van der Waals surface area contributed by atoms with Crippen LogP contribution < -0.4 is 5.32 Å². The molecule has 0 saturated heterocycles. The van der Waals surface area contributed by atoms with E-state index in [-0.39, 0.29) is 11.3 Å². The molecule has 2 saturated carbocycles. The van der Waals surface area contributed by atoms with Gasteiger partial charge in [-0.25, -0.2) is 0 Å². The van der Waals surface area contributed by atoms with Crippen LogP contribution in [0.15, 0.2) is 0 Å². The first-order valence-electron chi connectivity index (χ1n) is 6.15. The molecule has 0 spiro atoms. The smallest absolute Gasteiger partial charge is 0.223 e. The second kappa shape index (κ2) is 4.73. The number of halogens is 1. The van der Waals surface area contributed by atoms with Crippen molar-refractivity contribution in [3.8, 4) is 0 Å². The summed E-state index contributed by atoms with van der Waals surface area (Å²) in [6, 6.07) is 0.340. The van der Waals surface area contributed by atoms with Gasteiger partial charge in [-0.05, 0) is 38.0 Å². The molecule has 0 aromatic rings. The highest BCUT2D eigenvalue weighted by atomic mass is 35.5.